The number of rotatable bonds is 4. The van der Waals surface area contributed by atoms with Crippen molar-refractivity contribution in [1.29, 1.82) is 0 Å². The second kappa shape index (κ2) is 6.21. The van der Waals surface area contributed by atoms with Gasteiger partial charge in [-0.2, -0.15) is 0 Å². The third-order valence-corrected chi connectivity index (χ3v) is 5.21. The van der Waals surface area contributed by atoms with Crippen molar-refractivity contribution in [2.45, 2.75) is 17.4 Å². The van der Waals surface area contributed by atoms with Crippen molar-refractivity contribution in [3.63, 3.8) is 0 Å². The van der Waals surface area contributed by atoms with Gasteiger partial charge in [0, 0.05) is 31.5 Å². The van der Waals surface area contributed by atoms with Gasteiger partial charge in [-0.05, 0) is 30.7 Å². The van der Waals surface area contributed by atoms with Crippen molar-refractivity contribution in [2.24, 2.45) is 0 Å². The molecule has 1 saturated heterocycles. The summed E-state index contributed by atoms with van der Waals surface area (Å²) >= 11 is 0. The maximum atomic E-state index is 13.8. The van der Waals surface area contributed by atoms with E-state index in [1.54, 1.807) is 0 Å². The standard InChI is InChI=1S/C15H15F2N3O2S/c16-13-4-1-5-14(17)15(13)20-8-6-11(10-20)19-23(21,22)12-3-2-7-18-9-12/h1-5,7,9,11,19H,6,8,10H2/t11-/m1/s1. The van der Waals surface area contributed by atoms with E-state index in [0.29, 0.717) is 13.0 Å². The van der Waals surface area contributed by atoms with Gasteiger partial charge < -0.3 is 4.90 Å². The van der Waals surface area contributed by atoms with E-state index in [1.807, 2.05) is 0 Å². The van der Waals surface area contributed by atoms with Gasteiger partial charge >= 0.3 is 0 Å². The minimum absolute atomic E-state index is 0.0653. The van der Waals surface area contributed by atoms with Crippen LogP contribution in [-0.2, 0) is 10.0 Å². The summed E-state index contributed by atoms with van der Waals surface area (Å²) in [5.41, 5.74) is -0.115. The van der Waals surface area contributed by atoms with Crippen LogP contribution >= 0.6 is 0 Å². The Morgan fingerprint density at radius 2 is 1.91 bits per heavy atom. The number of aromatic nitrogens is 1. The van der Waals surface area contributed by atoms with E-state index in [9.17, 15) is 17.2 Å². The SMILES string of the molecule is O=S(=O)(N[C@@H]1CCN(c2c(F)cccc2F)C1)c1cccnc1. The van der Waals surface area contributed by atoms with E-state index < -0.39 is 27.7 Å². The molecule has 1 aliphatic rings. The molecule has 1 aliphatic heterocycles. The zero-order valence-corrected chi connectivity index (χ0v) is 12.9. The molecule has 1 fully saturated rings. The van der Waals surface area contributed by atoms with Crippen LogP contribution in [0.2, 0.25) is 0 Å². The molecule has 0 unspecified atom stereocenters. The van der Waals surface area contributed by atoms with Crippen LogP contribution in [0, 0.1) is 11.6 Å². The number of anilines is 1. The van der Waals surface area contributed by atoms with Gasteiger partial charge in [0.25, 0.3) is 0 Å². The minimum atomic E-state index is -3.70. The number of hydrogen-bond donors (Lipinski definition) is 1. The molecule has 1 aromatic carbocycles. The summed E-state index contributed by atoms with van der Waals surface area (Å²) in [6.45, 7) is 0.579. The minimum Gasteiger partial charge on any atom is -0.365 e. The van der Waals surface area contributed by atoms with Crippen molar-refractivity contribution >= 4 is 15.7 Å². The Balaban J connectivity index is 1.74. The number of hydrogen-bond acceptors (Lipinski definition) is 4. The lowest BCUT2D eigenvalue weighted by atomic mass is 10.2. The van der Waals surface area contributed by atoms with Crippen molar-refractivity contribution in [2.75, 3.05) is 18.0 Å². The molecular weight excluding hydrogens is 324 g/mol. The molecule has 0 radical (unpaired) electrons. The summed E-state index contributed by atoms with van der Waals surface area (Å²) in [6, 6.07) is 6.23. The molecule has 1 N–H and O–H groups in total. The highest BCUT2D eigenvalue weighted by molar-refractivity contribution is 7.89. The molecule has 1 aromatic heterocycles. The fourth-order valence-electron chi connectivity index (χ4n) is 2.64. The average Bonchev–Trinajstić information content (AvgIpc) is 2.95. The first kappa shape index (κ1) is 15.8. The average molecular weight is 339 g/mol. The Morgan fingerprint density at radius 3 is 2.57 bits per heavy atom. The van der Waals surface area contributed by atoms with E-state index in [2.05, 4.69) is 9.71 Å². The van der Waals surface area contributed by atoms with Gasteiger partial charge in [-0.15, -0.1) is 0 Å². The molecule has 23 heavy (non-hydrogen) atoms. The van der Waals surface area contributed by atoms with Gasteiger partial charge in [-0.3, -0.25) is 4.98 Å². The van der Waals surface area contributed by atoms with Gasteiger partial charge in [0.2, 0.25) is 10.0 Å². The maximum Gasteiger partial charge on any atom is 0.242 e. The maximum absolute atomic E-state index is 13.8. The van der Waals surface area contributed by atoms with Crippen molar-refractivity contribution in [1.82, 2.24) is 9.71 Å². The highest BCUT2D eigenvalue weighted by atomic mass is 32.2. The molecule has 0 spiro atoms. The molecule has 0 bridgehead atoms. The quantitative estimate of drug-likeness (QED) is 0.924. The van der Waals surface area contributed by atoms with Gasteiger partial charge in [-0.25, -0.2) is 21.9 Å². The largest absolute Gasteiger partial charge is 0.365 e. The highest BCUT2D eigenvalue weighted by Gasteiger charge is 2.30. The predicted molar refractivity (Wildman–Crippen MR) is 81.5 cm³/mol. The van der Waals surface area contributed by atoms with Crippen LogP contribution in [0.15, 0.2) is 47.6 Å². The summed E-state index contributed by atoms with van der Waals surface area (Å²) in [5, 5.41) is 0. The van der Waals surface area contributed by atoms with Crippen LogP contribution in [0.1, 0.15) is 6.42 Å². The van der Waals surface area contributed by atoms with Crippen molar-refractivity contribution in [3.8, 4) is 0 Å². The smallest absolute Gasteiger partial charge is 0.242 e. The molecule has 0 saturated carbocycles. The first-order chi connectivity index (χ1) is 11.0. The van der Waals surface area contributed by atoms with Crippen LogP contribution in [0.5, 0.6) is 0 Å². The van der Waals surface area contributed by atoms with Crippen molar-refractivity contribution < 1.29 is 17.2 Å². The van der Waals surface area contributed by atoms with Crippen LogP contribution in [0.3, 0.4) is 0 Å². The molecule has 0 amide bonds. The molecule has 0 aliphatic carbocycles. The van der Waals surface area contributed by atoms with Crippen LogP contribution in [0.25, 0.3) is 0 Å². The number of nitrogens with zero attached hydrogens (tertiary/aromatic N) is 2. The Kier molecular flexibility index (Phi) is 4.27. The molecule has 2 heterocycles. The number of para-hydroxylation sites is 1. The predicted octanol–water partition coefficient (Wildman–Crippen LogP) is 1.92. The Morgan fingerprint density at radius 1 is 1.17 bits per heavy atom. The molecule has 122 valence electrons. The van der Waals surface area contributed by atoms with E-state index in [-0.39, 0.29) is 17.1 Å². The number of halogens is 2. The molecule has 1 atom stereocenters. The molecule has 3 rings (SSSR count). The Hall–Kier alpha value is -2.06. The van der Waals surface area contributed by atoms with Crippen LogP contribution in [-0.4, -0.2) is 32.5 Å². The van der Waals surface area contributed by atoms with Crippen LogP contribution in [0.4, 0.5) is 14.5 Å². The zero-order chi connectivity index (χ0) is 16.4. The highest BCUT2D eigenvalue weighted by Crippen LogP contribution is 2.27. The lowest BCUT2D eigenvalue weighted by Gasteiger charge is -2.20. The third-order valence-electron chi connectivity index (χ3n) is 3.71. The monoisotopic (exact) mass is 339 g/mol. The first-order valence-corrected chi connectivity index (χ1v) is 8.57. The Bertz CT molecular complexity index is 779. The topological polar surface area (TPSA) is 62.3 Å². The summed E-state index contributed by atoms with van der Waals surface area (Å²) < 4.78 is 54.7. The lowest BCUT2D eigenvalue weighted by Crippen LogP contribution is -2.37. The molecule has 2 aromatic rings. The molecule has 8 heteroatoms. The number of pyridine rings is 1. The second-order valence-corrected chi connectivity index (χ2v) is 7.03. The number of benzene rings is 1. The van der Waals surface area contributed by atoms with Gasteiger partial charge in [0.15, 0.2) is 0 Å². The van der Waals surface area contributed by atoms with E-state index in [4.69, 9.17) is 0 Å². The molecule has 5 nitrogen and oxygen atoms in total. The zero-order valence-electron chi connectivity index (χ0n) is 12.1. The first-order valence-electron chi connectivity index (χ1n) is 7.09. The third kappa shape index (κ3) is 3.32. The van der Waals surface area contributed by atoms with Gasteiger partial charge in [0.1, 0.15) is 22.2 Å². The van der Waals surface area contributed by atoms with E-state index in [0.717, 1.165) is 0 Å². The normalized spacial score (nSPS) is 18.3. The van der Waals surface area contributed by atoms with Crippen molar-refractivity contribution in [3.05, 3.63) is 54.4 Å². The molecular formula is C15H15F2N3O2S. The summed E-state index contributed by atoms with van der Waals surface area (Å²) in [5.74, 6) is -1.30. The second-order valence-electron chi connectivity index (χ2n) is 5.31. The fourth-order valence-corrected chi connectivity index (χ4v) is 3.87. The van der Waals surface area contributed by atoms with Crippen LogP contribution < -0.4 is 9.62 Å². The number of sulfonamides is 1. The van der Waals surface area contributed by atoms with E-state index >= 15 is 0 Å². The van der Waals surface area contributed by atoms with Gasteiger partial charge in [-0.1, -0.05) is 6.07 Å². The summed E-state index contributed by atoms with van der Waals surface area (Å²) in [4.78, 5) is 5.36. The summed E-state index contributed by atoms with van der Waals surface area (Å²) in [7, 11) is -3.70. The fraction of sp³-hybridized carbons (Fsp3) is 0.267. The lowest BCUT2D eigenvalue weighted by molar-refractivity contribution is 0.559. The summed E-state index contributed by atoms with van der Waals surface area (Å²) in [6.07, 6.45) is 3.20. The van der Waals surface area contributed by atoms with E-state index in [1.165, 1.54) is 47.6 Å². The Labute approximate surface area is 133 Å². The van der Waals surface area contributed by atoms with Gasteiger partial charge in [0.05, 0.1) is 0 Å². The number of nitrogens with one attached hydrogen (secondary N) is 1.